The molecule has 0 spiro atoms. The van der Waals surface area contributed by atoms with Gasteiger partial charge in [0.25, 0.3) is 5.91 Å². The minimum atomic E-state index is -0.522. The van der Waals surface area contributed by atoms with Crippen molar-refractivity contribution in [2.75, 3.05) is 18.6 Å². The SMILES string of the molecule is COc1ccccc1-c1noc(CCN2C(=O)C(C)Oc3ccccc32)n1. The van der Waals surface area contributed by atoms with Gasteiger partial charge in [0.1, 0.15) is 11.5 Å². The van der Waals surface area contributed by atoms with Crippen LogP contribution in [-0.2, 0) is 11.2 Å². The molecule has 0 N–H and O–H groups in total. The van der Waals surface area contributed by atoms with Gasteiger partial charge in [-0.15, -0.1) is 0 Å². The topological polar surface area (TPSA) is 77.7 Å². The maximum atomic E-state index is 12.5. The first kappa shape index (κ1) is 17.1. The maximum absolute atomic E-state index is 12.5. The van der Waals surface area contributed by atoms with E-state index in [-0.39, 0.29) is 5.91 Å². The monoisotopic (exact) mass is 365 g/mol. The van der Waals surface area contributed by atoms with Gasteiger partial charge in [0, 0.05) is 13.0 Å². The van der Waals surface area contributed by atoms with Crippen molar-refractivity contribution in [2.45, 2.75) is 19.4 Å². The predicted molar refractivity (Wildman–Crippen MR) is 98.9 cm³/mol. The summed E-state index contributed by atoms with van der Waals surface area (Å²) in [5.41, 5.74) is 1.52. The molecule has 0 saturated carbocycles. The lowest BCUT2D eigenvalue weighted by Crippen LogP contribution is -2.45. The average Bonchev–Trinajstić information content (AvgIpc) is 3.17. The number of hydrogen-bond donors (Lipinski definition) is 0. The van der Waals surface area contributed by atoms with E-state index >= 15 is 0 Å². The minimum absolute atomic E-state index is 0.0850. The number of hydrogen-bond acceptors (Lipinski definition) is 6. The fraction of sp³-hybridized carbons (Fsp3) is 0.250. The van der Waals surface area contributed by atoms with E-state index in [4.69, 9.17) is 14.0 Å². The summed E-state index contributed by atoms with van der Waals surface area (Å²) in [6, 6.07) is 15.0. The molecule has 0 bridgehead atoms. The smallest absolute Gasteiger partial charge is 0.267 e. The summed E-state index contributed by atoms with van der Waals surface area (Å²) >= 11 is 0. The normalized spacial score (nSPS) is 16.0. The second-order valence-electron chi connectivity index (χ2n) is 6.18. The minimum Gasteiger partial charge on any atom is -0.496 e. The molecule has 4 rings (SSSR count). The number of benzene rings is 2. The van der Waals surface area contributed by atoms with E-state index < -0.39 is 6.10 Å². The largest absolute Gasteiger partial charge is 0.496 e. The number of carbonyl (C=O) groups is 1. The number of aromatic nitrogens is 2. The number of nitrogens with zero attached hydrogens (tertiary/aromatic N) is 3. The highest BCUT2D eigenvalue weighted by molar-refractivity contribution is 5.99. The van der Waals surface area contributed by atoms with E-state index in [0.717, 1.165) is 11.3 Å². The van der Waals surface area contributed by atoms with Gasteiger partial charge in [-0.25, -0.2) is 0 Å². The number of anilines is 1. The molecule has 27 heavy (non-hydrogen) atoms. The van der Waals surface area contributed by atoms with Gasteiger partial charge in [-0.2, -0.15) is 4.98 Å². The molecule has 0 radical (unpaired) electrons. The van der Waals surface area contributed by atoms with E-state index in [1.165, 1.54) is 0 Å². The second kappa shape index (κ2) is 7.11. The Morgan fingerprint density at radius 3 is 2.78 bits per heavy atom. The first-order valence-corrected chi connectivity index (χ1v) is 8.70. The van der Waals surface area contributed by atoms with Crippen molar-refractivity contribution in [2.24, 2.45) is 0 Å². The van der Waals surface area contributed by atoms with Crippen LogP contribution in [0.4, 0.5) is 5.69 Å². The Morgan fingerprint density at radius 1 is 1.15 bits per heavy atom. The van der Waals surface area contributed by atoms with Crippen molar-refractivity contribution < 1.29 is 18.8 Å². The number of para-hydroxylation sites is 3. The fourth-order valence-corrected chi connectivity index (χ4v) is 3.09. The van der Waals surface area contributed by atoms with Crippen molar-refractivity contribution in [1.29, 1.82) is 0 Å². The zero-order chi connectivity index (χ0) is 18.8. The van der Waals surface area contributed by atoms with Crippen molar-refractivity contribution in [3.05, 3.63) is 54.4 Å². The quantitative estimate of drug-likeness (QED) is 0.691. The lowest BCUT2D eigenvalue weighted by Gasteiger charge is -2.32. The Hall–Kier alpha value is -3.35. The van der Waals surface area contributed by atoms with Crippen molar-refractivity contribution in [3.8, 4) is 22.9 Å². The van der Waals surface area contributed by atoms with Crippen molar-refractivity contribution >= 4 is 11.6 Å². The molecular weight excluding hydrogens is 346 g/mol. The van der Waals surface area contributed by atoms with Crippen molar-refractivity contribution in [3.63, 3.8) is 0 Å². The van der Waals surface area contributed by atoms with E-state index in [2.05, 4.69) is 10.1 Å². The van der Waals surface area contributed by atoms with Crippen LogP contribution in [0.5, 0.6) is 11.5 Å². The lowest BCUT2D eigenvalue weighted by molar-refractivity contribution is -0.125. The standard InChI is InChI=1S/C20H19N3O4/c1-13-20(24)23(15-8-4-6-10-17(15)26-13)12-11-18-21-19(22-27-18)14-7-3-5-9-16(14)25-2/h3-10,13H,11-12H2,1-2H3. The van der Waals surface area contributed by atoms with E-state index in [0.29, 0.717) is 36.2 Å². The van der Waals surface area contributed by atoms with E-state index in [1.807, 2.05) is 48.5 Å². The molecule has 2 aromatic carbocycles. The van der Waals surface area contributed by atoms with Gasteiger partial charge >= 0.3 is 0 Å². The predicted octanol–water partition coefficient (Wildman–Crippen LogP) is 3.10. The molecule has 1 aliphatic heterocycles. The zero-order valence-corrected chi connectivity index (χ0v) is 15.1. The summed E-state index contributed by atoms with van der Waals surface area (Å²) in [6.45, 7) is 2.18. The molecule has 0 saturated heterocycles. The third kappa shape index (κ3) is 3.23. The molecule has 1 aromatic heterocycles. The molecule has 1 atom stereocenters. The van der Waals surface area contributed by atoms with Crippen LogP contribution in [0, 0.1) is 0 Å². The number of carbonyl (C=O) groups excluding carboxylic acids is 1. The molecule has 1 unspecified atom stereocenters. The Kier molecular flexibility index (Phi) is 4.50. The number of ether oxygens (including phenoxy) is 2. The highest BCUT2D eigenvalue weighted by Gasteiger charge is 2.31. The number of amides is 1. The van der Waals surface area contributed by atoms with Gasteiger partial charge in [-0.3, -0.25) is 4.79 Å². The molecule has 3 aromatic rings. The third-order valence-corrected chi connectivity index (χ3v) is 4.44. The van der Waals surface area contributed by atoms with Crippen molar-refractivity contribution in [1.82, 2.24) is 10.1 Å². The molecule has 7 nitrogen and oxygen atoms in total. The summed E-state index contributed by atoms with van der Waals surface area (Å²) in [5.74, 6) is 2.21. The molecule has 138 valence electrons. The van der Waals surface area contributed by atoms with Gasteiger partial charge in [-0.05, 0) is 31.2 Å². The van der Waals surface area contributed by atoms with Crippen LogP contribution < -0.4 is 14.4 Å². The Morgan fingerprint density at radius 2 is 1.93 bits per heavy atom. The van der Waals surface area contributed by atoms with Crippen LogP contribution in [0.3, 0.4) is 0 Å². The summed E-state index contributed by atoms with van der Waals surface area (Å²) in [4.78, 5) is 18.7. The summed E-state index contributed by atoms with van der Waals surface area (Å²) in [7, 11) is 1.60. The number of methoxy groups -OCH3 is 1. The first-order valence-electron chi connectivity index (χ1n) is 8.70. The molecule has 1 aliphatic rings. The molecule has 7 heteroatoms. The number of fused-ring (bicyclic) bond motifs is 1. The lowest BCUT2D eigenvalue weighted by atomic mass is 10.1. The van der Waals surface area contributed by atoms with Gasteiger partial charge in [-0.1, -0.05) is 29.4 Å². The molecule has 0 aliphatic carbocycles. The molecule has 1 amide bonds. The van der Waals surface area contributed by atoms with E-state index in [1.54, 1.807) is 18.9 Å². The van der Waals surface area contributed by atoms with E-state index in [9.17, 15) is 4.79 Å². The van der Waals surface area contributed by atoms with Crippen LogP contribution >= 0.6 is 0 Å². The Labute approximate surface area is 156 Å². The maximum Gasteiger partial charge on any atom is 0.267 e. The fourth-order valence-electron chi connectivity index (χ4n) is 3.09. The zero-order valence-electron chi connectivity index (χ0n) is 15.1. The van der Waals surface area contributed by atoms with Gasteiger partial charge in [0.05, 0.1) is 18.4 Å². The third-order valence-electron chi connectivity index (χ3n) is 4.44. The second-order valence-corrected chi connectivity index (χ2v) is 6.18. The van der Waals surface area contributed by atoms with Crippen LogP contribution in [0.25, 0.3) is 11.4 Å². The number of rotatable bonds is 5. The highest BCUT2D eigenvalue weighted by atomic mass is 16.5. The molecule has 0 fully saturated rings. The van der Waals surface area contributed by atoms with Crippen LogP contribution in [0.2, 0.25) is 0 Å². The Bertz CT molecular complexity index is 969. The van der Waals surface area contributed by atoms with Crippen LogP contribution in [0.15, 0.2) is 53.1 Å². The summed E-state index contributed by atoms with van der Waals surface area (Å²) < 4.78 is 16.4. The van der Waals surface area contributed by atoms with Crippen LogP contribution in [-0.4, -0.2) is 35.8 Å². The summed E-state index contributed by atoms with van der Waals surface area (Å²) in [5, 5.41) is 4.04. The highest BCUT2D eigenvalue weighted by Crippen LogP contribution is 2.33. The summed E-state index contributed by atoms with van der Waals surface area (Å²) in [6.07, 6.45) is -0.0821. The van der Waals surface area contributed by atoms with Gasteiger partial charge in [0.15, 0.2) is 6.10 Å². The van der Waals surface area contributed by atoms with Gasteiger partial charge in [0.2, 0.25) is 11.7 Å². The average molecular weight is 365 g/mol. The first-order chi connectivity index (χ1) is 13.2. The Balaban J connectivity index is 1.53. The van der Waals surface area contributed by atoms with Crippen LogP contribution in [0.1, 0.15) is 12.8 Å². The molecular formula is C20H19N3O4. The molecule has 2 heterocycles. The van der Waals surface area contributed by atoms with Gasteiger partial charge < -0.3 is 18.9 Å².